The summed E-state index contributed by atoms with van der Waals surface area (Å²) in [7, 11) is 1.59. The van der Waals surface area contributed by atoms with Crippen molar-refractivity contribution in [3.05, 3.63) is 65.7 Å². The lowest BCUT2D eigenvalue weighted by Gasteiger charge is -2.04. The van der Waals surface area contributed by atoms with Crippen LogP contribution < -0.4 is 15.4 Å². The molecule has 2 aromatic rings. The van der Waals surface area contributed by atoms with Crippen LogP contribution in [-0.2, 0) is 4.79 Å². The van der Waals surface area contributed by atoms with Gasteiger partial charge in [-0.05, 0) is 60.9 Å². The summed E-state index contributed by atoms with van der Waals surface area (Å²) < 4.78 is 5.08. The van der Waals surface area contributed by atoms with Crippen molar-refractivity contribution in [3.8, 4) is 5.75 Å². The van der Waals surface area contributed by atoms with Crippen LogP contribution in [0.2, 0.25) is 0 Å². The largest absolute Gasteiger partial charge is 0.497 e. The molecule has 2 N–H and O–H groups in total. The van der Waals surface area contributed by atoms with Gasteiger partial charge in [-0.2, -0.15) is 0 Å². The molecule has 5 heteroatoms. The first-order chi connectivity index (χ1) is 12.1. The number of carbonyl (C=O) groups excluding carboxylic acids is 2. The summed E-state index contributed by atoms with van der Waals surface area (Å²) >= 11 is 0. The molecule has 1 aliphatic rings. The van der Waals surface area contributed by atoms with Gasteiger partial charge in [0.2, 0.25) is 5.91 Å². The Morgan fingerprint density at radius 2 is 1.72 bits per heavy atom. The Morgan fingerprint density at radius 3 is 2.32 bits per heavy atom. The lowest BCUT2D eigenvalue weighted by molar-refractivity contribution is -0.111. The van der Waals surface area contributed by atoms with Crippen LogP contribution in [0.1, 0.15) is 28.8 Å². The maximum Gasteiger partial charge on any atom is 0.251 e. The average Bonchev–Trinajstić information content (AvgIpc) is 3.45. The van der Waals surface area contributed by atoms with Crippen LogP contribution in [-0.4, -0.2) is 25.0 Å². The number of methoxy groups -OCH3 is 1. The van der Waals surface area contributed by atoms with Gasteiger partial charge in [-0.1, -0.05) is 12.1 Å². The maximum absolute atomic E-state index is 12.0. The van der Waals surface area contributed by atoms with Crippen molar-refractivity contribution < 1.29 is 14.3 Å². The molecule has 0 atom stereocenters. The number of anilines is 1. The Morgan fingerprint density at radius 1 is 1.04 bits per heavy atom. The Labute approximate surface area is 146 Å². The van der Waals surface area contributed by atoms with Crippen molar-refractivity contribution in [2.24, 2.45) is 0 Å². The summed E-state index contributed by atoms with van der Waals surface area (Å²) in [5, 5.41) is 5.72. The van der Waals surface area contributed by atoms with E-state index in [1.165, 1.54) is 6.08 Å². The molecule has 128 valence electrons. The molecule has 0 saturated heterocycles. The van der Waals surface area contributed by atoms with Gasteiger partial charge in [0, 0.05) is 23.4 Å². The van der Waals surface area contributed by atoms with E-state index in [1.54, 1.807) is 49.6 Å². The van der Waals surface area contributed by atoms with Crippen molar-refractivity contribution in [2.75, 3.05) is 12.4 Å². The normalized spacial score (nSPS) is 13.5. The lowest BCUT2D eigenvalue weighted by Crippen LogP contribution is -2.25. The van der Waals surface area contributed by atoms with Crippen molar-refractivity contribution in [2.45, 2.75) is 18.9 Å². The number of rotatable bonds is 6. The van der Waals surface area contributed by atoms with Gasteiger partial charge < -0.3 is 15.4 Å². The summed E-state index contributed by atoms with van der Waals surface area (Å²) in [5.41, 5.74) is 2.18. The lowest BCUT2D eigenvalue weighted by atomic mass is 10.1. The van der Waals surface area contributed by atoms with Crippen molar-refractivity contribution in [1.82, 2.24) is 5.32 Å². The molecule has 3 rings (SSSR count). The minimum Gasteiger partial charge on any atom is -0.497 e. The van der Waals surface area contributed by atoms with Crippen LogP contribution in [0, 0.1) is 0 Å². The predicted octanol–water partition coefficient (Wildman–Crippen LogP) is 3.24. The Balaban J connectivity index is 1.54. The van der Waals surface area contributed by atoms with Crippen molar-refractivity contribution in [3.63, 3.8) is 0 Å². The van der Waals surface area contributed by atoms with Gasteiger partial charge in [-0.25, -0.2) is 0 Å². The highest BCUT2D eigenvalue weighted by molar-refractivity contribution is 6.02. The van der Waals surface area contributed by atoms with Crippen LogP contribution in [0.4, 0.5) is 5.69 Å². The molecule has 1 saturated carbocycles. The van der Waals surface area contributed by atoms with E-state index in [-0.39, 0.29) is 11.8 Å². The van der Waals surface area contributed by atoms with Crippen molar-refractivity contribution >= 4 is 23.6 Å². The molecule has 5 nitrogen and oxygen atoms in total. The minimum atomic E-state index is -0.222. The fourth-order valence-corrected chi connectivity index (χ4v) is 2.27. The Bertz CT molecular complexity index is 776. The summed E-state index contributed by atoms with van der Waals surface area (Å²) in [6.45, 7) is 0. The highest BCUT2D eigenvalue weighted by Gasteiger charge is 2.23. The first-order valence-electron chi connectivity index (χ1n) is 8.18. The molecular formula is C20H20N2O3. The first-order valence-corrected chi connectivity index (χ1v) is 8.18. The summed E-state index contributed by atoms with van der Waals surface area (Å²) in [5.74, 6) is 0.468. The Hall–Kier alpha value is -3.08. The van der Waals surface area contributed by atoms with Gasteiger partial charge in [-0.3, -0.25) is 9.59 Å². The smallest absolute Gasteiger partial charge is 0.251 e. The van der Waals surface area contributed by atoms with Crippen LogP contribution in [0.5, 0.6) is 5.75 Å². The second-order valence-corrected chi connectivity index (χ2v) is 5.92. The highest BCUT2D eigenvalue weighted by atomic mass is 16.5. The fraction of sp³-hybridized carbons (Fsp3) is 0.200. The second-order valence-electron chi connectivity index (χ2n) is 5.92. The third-order valence-corrected chi connectivity index (χ3v) is 3.87. The zero-order valence-electron chi connectivity index (χ0n) is 14.0. The average molecular weight is 336 g/mol. The maximum atomic E-state index is 12.0. The molecule has 25 heavy (non-hydrogen) atoms. The third kappa shape index (κ3) is 4.94. The van der Waals surface area contributed by atoms with E-state index < -0.39 is 0 Å². The standard InChI is InChI=1S/C20H20N2O3/c1-25-18-11-9-16(10-12-18)21-19(23)13-4-14-2-5-15(6-3-14)20(24)22-17-7-8-17/h2-6,9-13,17H,7-8H2,1H3,(H,21,23)(H,22,24)/b13-4+. The van der Waals surface area contributed by atoms with Gasteiger partial charge in [-0.15, -0.1) is 0 Å². The minimum absolute atomic E-state index is 0.0460. The third-order valence-electron chi connectivity index (χ3n) is 3.87. The van der Waals surface area contributed by atoms with Crippen LogP contribution in [0.15, 0.2) is 54.6 Å². The molecule has 2 aromatic carbocycles. The molecule has 0 heterocycles. The van der Waals surface area contributed by atoms with E-state index in [2.05, 4.69) is 10.6 Å². The van der Waals surface area contributed by atoms with Crippen LogP contribution in [0.3, 0.4) is 0 Å². The second kappa shape index (κ2) is 7.66. The number of benzene rings is 2. The van der Waals surface area contributed by atoms with E-state index in [0.717, 1.165) is 24.2 Å². The number of hydrogen-bond acceptors (Lipinski definition) is 3. The molecule has 0 bridgehead atoms. The fourth-order valence-electron chi connectivity index (χ4n) is 2.27. The molecule has 0 unspecified atom stereocenters. The molecule has 0 radical (unpaired) electrons. The molecular weight excluding hydrogens is 316 g/mol. The Kier molecular flexibility index (Phi) is 5.14. The SMILES string of the molecule is COc1ccc(NC(=O)/C=C/c2ccc(C(=O)NC3CC3)cc2)cc1. The van der Waals surface area contributed by atoms with E-state index in [0.29, 0.717) is 17.3 Å². The summed E-state index contributed by atoms with van der Waals surface area (Å²) in [6, 6.07) is 14.6. The summed E-state index contributed by atoms with van der Waals surface area (Å²) in [4.78, 5) is 23.9. The molecule has 2 amide bonds. The zero-order valence-corrected chi connectivity index (χ0v) is 14.0. The topological polar surface area (TPSA) is 67.4 Å². The van der Waals surface area contributed by atoms with Gasteiger partial charge in [0.05, 0.1) is 7.11 Å². The monoisotopic (exact) mass is 336 g/mol. The van der Waals surface area contributed by atoms with Gasteiger partial charge in [0.15, 0.2) is 0 Å². The zero-order chi connectivity index (χ0) is 17.6. The molecule has 1 aliphatic carbocycles. The molecule has 0 aliphatic heterocycles. The van der Waals surface area contributed by atoms with E-state index in [9.17, 15) is 9.59 Å². The van der Waals surface area contributed by atoms with Crippen molar-refractivity contribution in [1.29, 1.82) is 0 Å². The van der Waals surface area contributed by atoms with E-state index in [1.807, 2.05) is 12.1 Å². The number of ether oxygens (including phenoxy) is 1. The quantitative estimate of drug-likeness (QED) is 0.796. The molecule has 0 spiro atoms. The molecule has 0 aromatic heterocycles. The van der Waals surface area contributed by atoms with Crippen LogP contribution >= 0.6 is 0 Å². The number of hydrogen-bond donors (Lipinski definition) is 2. The molecule has 1 fully saturated rings. The number of nitrogens with one attached hydrogen (secondary N) is 2. The highest BCUT2D eigenvalue weighted by Crippen LogP contribution is 2.19. The summed E-state index contributed by atoms with van der Waals surface area (Å²) in [6.07, 6.45) is 5.30. The van der Waals surface area contributed by atoms with E-state index >= 15 is 0 Å². The van der Waals surface area contributed by atoms with Crippen LogP contribution in [0.25, 0.3) is 6.08 Å². The number of amides is 2. The van der Waals surface area contributed by atoms with Gasteiger partial charge >= 0.3 is 0 Å². The van der Waals surface area contributed by atoms with Gasteiger partial charge in [0.1, 0.15) is 5.75 Å². The first kappa shape index (κ1) is 16.8. The van der Waals surface area contributed by atoms with Gasteiger partial charge in [0.25, 0.3) is 5.91 Å². The predicted molar refractivity (Wildman–Crippen MR) is 97.6 cm³/mol. The number of carbonyl (C=O) groups is 2. The van der Waals surface area contributed by atoms with E-state index in [4.69, 9.17) is 4.74 Å².